The molecule has 0 saturated heterocycles. The normalized spacial score (nSPS) is 10.8. The Hall–Kier alpha value is -1.49. The quantitative estimate of drug-likeness (QED) is 0.787. The summed E-state index contributed by atoms with van der Waals surface area (Å²) in [4.78, 5) is 3.64. The van der Waals surface area contributed by atoms with Gasteiger partial charge in [0.15, 0.2) is 16.1 Å². The Labute approximate surface area is 96.7 Å². The first-order chi connectivity index (χ1) is 7.37. The van der Waals surface area contributed by atoms with Crippen molar-refractivity contribution in [2.75, 3.05) is 7.11 Å². The highest BCUT2D eigenvalue weighted by Crippen LogP contribution is 2.37. The lowest BCUT2D eigenvalue weighted by Crippen LogP contribution is -2.18. The molecule has 0 bridgehead atoms. The molecule has 0 N–H and O–H groups in total. The highest BCUT2D eigenvalue weighted by atomic mass is 79.9. The van der Waals surface area contributed by atoms with Crippen LogP contribution in [0.5, 0.6) is 11.5 Å². The number of ether oxygens (including phenoxy) is 2. The number of methoxy groups -OCH3 is 1. The maximum Gasteiger partial charge on any atom is 0.573 e. The van der Waals surface area contributed by atoms with Crippen LogP contribution in [0.15, 0.2) is 10.7 Å². The van der Waals surface area contributed by atoms with Gasteiger partial charge in [-0.1, -0.05) is 0 Å². The van der Waals surface area contributed by atoms with Crippen LogP contribution in [0.25, 0.3) is 0 Å². The summed E-state index contributed by atoms with van der Waals surface area (Å²) in [6.07, 6.45) is -4.86. The van der Waals surface area contributed by atoms with E-state index < -0.39 is 12.1 Å². The fourth-order valence-corrected chi connectivity index (χ4v) is 1.47. The van der Waals surface area contributed by atoms with Gasteiger partial charge in [-0.3, -0.25) is 0 Å². The number of hydrogen-bond donors (Lipinski definition) is 0. The van der Waals surface area contributed by atoms with Crippen molar-refractivity contribution >= 4 is 15.9 Å². The Kier molecular flexibility index (Phi) is 3.59. The zero-order valence-corrected chi connectivity index (χ0v) is 9.39. The molecule has 0 atom stereocenters. The van der Waals surface area contributed by atoms with Crippen LogP contribution in [0.4, 0.5) is 13.2 Å². The van der Waals surface area contributed by atoms with Crippen molar-refractivity contribution in [3.05, 3.63) is 16.4 Å². The topological polar surface area (TPSA) is 55.1 Å². The average molecular weight is 297 g/mol. The monoisotopic (exact) mass is 296 g/mol. The summed E-state index contributed by atoms with van der Waals surface area (Å²) in [6.45, 7) is 0. The van der Waals surface area contributed by atoms with E-state index in [2.05, 4.69) is 30.4 Å². The predicted octanol–water partition coefficient (Wildman–Crippen LogP) is 2.62. The van der Waals surface area contributed by atoms with Gasteiger partial charge < -0.3 is 9.47 Å². The Bertz CT molecular complexity index is 442. The van der Waals surface area contributed by atoms with Gasteiger partial charge in [0.1, 0.15) is 11.8 Å². The van der Waals surface area contributed by atoms with Crippen LogP contribution in [0, 0.1) is 11.3 Å². The maximum atomic E-state index is 12.0. The lowest BCUT2D eigenvalue weighted by molar-refractivity contribution is -0.275. The summed E-state index contributed by atoms with van der Waals surface area (Å²) >= 11 is 2.87. The number of alkyl halides is 3. The zero-order valence-electron chi connectivity index (χ0n) is 7.80. The van der Waals surface area contributed by atoms with E-state index in [-0.39, 0.29) is 16.0 Å². The molecule has 0 aliphatic rings. The van der Waals surface area contributed by atoms with Crippen LogP contribution in [0.1, 0.15) is 5.69 Å². The second-order valence-electron chi connectivity index (χ2n) is 2.49. The first-order valence-electron chi connectivity index (χ1n) is 3.77. The third-order valence-corrected chi connectivity index (χ3v) is 1.98. The molecule has 16 heavy (non-hydrogen) atoms. The summed E-state index contributed by atoms with van der Waals surface area (Å²) in [5, 5.41) is 8.54. The lowest BCUT2D eigenvalue weighted by atomic mass is 10.3. The largest absolute Gasteiger partial charge is 0.573 e. The second-order valence-corrected chi connectivity index (χ2v) is 3.24. The molecule has 0 unspecified atom stereocenters. The standard InChI is InChI=1S/C8H4BrF3N2O2/c1-15-6-5(16-8(10,11)12)2-4(3-13)14-7(6)9/h2H,1H3. The van der Waals surface area contributed by atoms with E-state index in [0.717, 1.165) is 13.2 Å². The third-order valence-electron chi connectivity index (χ3n) is 1.44. The van der Waals surface area contributed by atoms with Crippen LogP contribution in [-0.4, -0.2) is 18.5 Å². The molecular weight excluding hydrogens is 293 g/mol. The number of halogens is 4. The number of pyridine rings is 1. The van der Waals surface area contributed by atoms with Crippen LogP contribution < -0.4 is 9.47 Å². The Morgan fingerprint density at radius 1 is 1.50 bits per heavy atom. The Balaban J connectivity index is 3.24. The van der Waals surface area contributed by atoms with Gasteiger partial charge in [0.2, 0.25) is 0 Å². The van der Waals surface area contributed by atoms with Crippen LogP contribution in [0.2, 0.25) is 0 Å². The van der Waals surface area contributed by atoms with E-state index >= 15 is 0 Å². The summed E-state index contributed by atoms with van der Waals surface area (Å²) in [5.41, 5.74) is -0.216. The van der Waals surface area contributed by atoms with Crippen molar-refractivity contribution in [1.29, 1.82) is 5.26 Å². The SMILES string of the molecule is COc1c(OC(F)(F)F)cc(C#N)nc1Br. The molecule has 1 aromatic heterocycles. The molecule has 0 amide bonds. The van der Waals surface area contributed by atoms with Gasteiger partial charge in [0.05, 0.1) is 7.11 Å². The molecule has 0 aliphatic carbocycles. The van der Waals surface area contributed by atoms with Crippen molar-refractivity contribution in [3.8, 4) is 17.6 Å². The van der Waals surface area contributed by atoms with Crippen molar-refractivity contribution in [3.63, 3.8) is 0 Å². The van der Waals surface area contributed by atoms with Gasteiger partial charge in [0, 0.05) is 6.07 Å². The molecule has 0 saturated carbocycles. The minimum atomic E-state index is -4.86. The Morgan fingerprint density at radius 2 is 2.12 bits per heavy atom. The van der Waals surface area contributed by atoms with Gasteiger partial charge in [-0.2, -0.15) is 5.26 Å². The summed E-state index contributed by atoms with van der Waals surface area (Å²) in [5.74, 6) is -0.843. The number of aromatic nitrogens is 1. The summed E-state index contributed by atoms with van der Waals surface area (Å²) in [7, 11) is 1.16. The van der Waals surface area contributed by atoms with Crippen LogP contribution >= 0.6 is 15.9 Å². The number of nitriles is 1. The van der Waals surface area contributed by atoms with Crippen LogP contribution in [0.3, 0.4) is 0 Å². The van der Waals surface area contributed by atoms with Gasteiger partial charge in [-0.15, -0.1) is 13.2 Å². The minimum absolute atomic E-state index is 0.0340. The van der Waals surface area contributed by atoms with E-state index in [1.165, 1.54) is 0 Å². The first-order valence-corrected chi connectivity index (χ1v) is 4.57. The summed E-state index contributed by atoms with van der Waals surface area (Å²) in [6, 6.07) is 2.45. The van der Waals surface area contributed by atoms with Crippen molar-refractivity contribution in [1.82, 2.24) is 4.98 Å². The number of rotatable bonds is 2. The Morgan fingerprint density at radius 3 is 2.56 bits per heavy atom. The second kappa shape index (κ2) is 4.57. The third kappa shape index (κ3) is 3.00. The van der Waals surface area contributed by atoms with Crippen molar-refractivity contribution in [2.45, 2.75) is 6.36 Å². The smallest absolute Gasteiger partial charge is 0.490 e. The van der Waals surface area contributed by atoms with Gasteiger partial charge in [-0.25, -0.2) is 4.98 Å². The molecule has 0 aromatic carbocycles. The fraction of sp³-hybridized carbons (Fsp3) is 0.250. The zero-order chi connectivity index (χ0) is 12.3. The molecule has 1 heterocycles. The van der Waals surface area contributed by atoms with E-state index in [1.807, 2.05) is 0 Å². The molecule has 1 rings (SSSR count). The van der Waals surface area contributed by atoms with Crippen molar-refractivity contribution in [2.24, 2.45) is 0 Å². The molecule has 4 nitrogen and oxygen atoms in total. The van der Waals surface area contributed by atoms with Gasteiger partial charge >= 0.3 is 6.36 Å². The predicted molar refractivity (Wildman–Crippen MR) is 49.9 cm³/mol. The highest BCUT2D eigenvalue weighted by Gasteiger charge is 2.33. The van der Waals surface area contributed by atoms with E-state index in [9.17, 15) is 13.2 Å². The molecule has 8 heteroatoms. The molecule has 0 fully saturated rings. The summed E-state index contributed by atoms with van der Waals surface area (Å²) < 4.78 is 44.4. The lowest BCUT2D eigenvalue weighted by Gasteiger charge is -2.13. The van der Waals surface area contributed by atoms with Gasteiger partial charge in [-0.05, 0) is 15.9 Å². The van der Waals surface area contributed by atoms with Crippen LogP contribution in [-0.2, 0) is 0 Å². The van der Waals surface area contributed by atoms with Crippen molar-refractivity contribution < 1.29 is 22.6 Å². The van der Waals surface area contributed by atoms with E-state index in [4.69, 9.17) is 5.26 Å². The average Bonchev–Trinajstić information content (AvgIpc) is 2.14. The number of nitrogens with zero attached hydrogens (tertiary/aromatic N) is 2. The van der Waals surface area contributed by atoms with Gasteiger partial charge in [0.25, 0.3) is 0 Å². The van der Waals surface area contributed by atoms with E-state index in [0.29, 0.717) is 0 Å². The molecule has 0 spiro atoms. The molecule has 1 aromatic rings. The minimum Gasteiger partial charge on any atom is -0.490 e. The fourth-order valence-electron chi connectivity index (χ4n) is 0.923. The van der Waals surface area contributed by atoms with E-state index in [1.54, 1.807) is 6.07 Å². The molecular formula is C8H4BrF3N2O2. The molecule has 0 aliphatic heterocycles. The number of hydrogen-bond acceptors (Lipinski definition) is 4. The molecule has 86 valence electrons. The maximum absolute atomic E-state index is 12.0. The first kappa shape index (κ1) is 12.6. The molecule has 0 radical (unpaired) electrons. The highest BCUT2D eigenvalue weighted by molar-refractivity contribution is 9.10.